The van der Waals surface area contributed by atoms with Crippen LogP contribution in [0.3, 0.4) is 0 Å². The molecule has 168 valence electrons. The maximum absolute atomic E-state index is 12.3. The van der Waals surface area contributed by atoms with E-state index in [1.54, 1.807) is 25.1 Å². The Morgan fingerprint density at radius 3 is 2.29 bits per heavy atom. The van der Waals surface area contributed by atoms with Gasteiger partial charge in [-0.05, 0) is 68.7 Å². The molecule has 2 aromatic carbocycles. The van der Waals surface area contributed by atoms with Crippen LogP contribution in [0.25, 0.3) is 0 Å². The minimum absolute atomic E-state index is 0.119. The minimum atomic E-state index is -3.49. The molecule has 0 aliphatic heterocycles. The molecule has 0 aliphatic carbocycles. The molecule has 0 bridgehead atoms. The average molecular weight is 467 g/mol. The zero-order chi connectivity index (χ0) is 23.2. The molecule has 2 aromatic rings. The largest absolute Gasteiger partial charge is 0.462 e. The van der Waals surface area contributed by atoms with Crippen molar-refractivity contribution in [2.24, 2.45) is 0 Å². The van der Waals surface area contributed by atoms with Crippen molar-refractivity contribution in [3.05, 3.63) is 58.1 Å². The number of sulfonamides is 1. The minimum Gasteiger partial charge on any atom is -0.462 e. The lowest BCUT2D eigenvalue weighted by Gasteiger charge is -2.23. The predicted octanol–water partition coefficient (Wildman–Crippen LogP) is 4.32. The van der Waals surface area contributed by atoms with Gasteiger partial charge in [-0.2, -0.15) is 0 Å². The smallest absolute Gasteiger partial charge is 0.339 e. The van der Waals surface area contributed by atoms with Gasteiger partial charge in [-0.15, -0.1) is 0 Å². The highest BCUT2D eigenvalue weighted by Gasteiger charge is 2.18. The van der Waals surface area contributed by atoms with Crippen LogP contribution in [-0.2, 0) is 19.6 Å². The van der Waals surface area contributed by atoms with Crippen LogP contribution >= 0.6 is 11.6 Å². The first-order valence-electron chi connectivity index (χ1n) is 9.83. The number of amides is 1. The fraction of sp³-hybridized carbons (Fsp3) is 0.364. The van der Waals surface area contributed by atoms with Gasteiger partial charge in [0.25, 0.3) is 0 Å². The molecule has 0 spiro atoms. The Labute approximate surface area is 188 Å². The van der Waals surface area contributed by atoms with Crippen molar-refractivity contribution in [3.63, 3.8) is 0 Å². The summed E-state index contributed by atoms with van der Waals surface area (Å²) in [6, 6.07) is 10.1. The van der Waals surface area contributed by atoms with E-state index in [4.69, 9.17) is 16.3 Å². The number of carbonyl (C=O) groups excluding carboxylic acids is 2. The number of ether oxygens (including phenoxy) is 1. The normalized spacial score (nSPS) is 11.1. The fourth-order valence-corrected chi connectivity index (χ4v) is 4.36. The van der Waals surface area contributed by atoms with E-state index in [1.165, 1.54) is 16.4 Å². The second kappa shape index (κ2) is 10.6. The topological polar surface area (TPSA) is 92.8 Å². The van der Waals surface area contributed by atoms with Gasteiger partial charge in [-0.3, -0.25) is 9.10 Å². The van der Waals surface area contributed by atoms with Gasteiger partial charge in [0.2, 0.25) is 15.9 Å². The van der Waals surface area contributed by atoms with Crippen LogP contribution in [0.15, 0.2) is 36.4 Å². The number of rotatable bonds is 9. The van der Waals surface area contributed by atoms with E-state index < -0.39 is 16.0 Å². The van der Waals surface area contributed by atoms with Crippen molar-refractivity contribution in [2.45, 2.75) is 33.6 Å². The maximum Gasteiger partial charge on any atom is 0.339 e. The monoisotopic (exact) mass is 466 g/mol. The number of aryl methyl sites for hydroxylation is 2. The zero-order valence-corrected chi connectivity index (χ0v) is 19.6. The van der Waals surface area contributed by atoms with Gasteiger partial charge in [0, 0.05) is 18.7 Å². The Hall–Kier alpha value is -2.58. The second-order valence-electron chi connectivity index (χ2n) is 7.25. The number of nitrogens with one attached hydrogen (secondary N) is 1. The molecular formula is C22H27ClN2O5S. The molecule has 0 radical (unpaired) electrons. The quantitative estimate of drug-likeness (QED) is 0.555. The van der Waals surface area contributed by atoms with Crippen LogP contribution in [0.4, 0.5) is 11.4 Å². The van der Waals surface area contributed by atoms with Crippen LogP contribution in [0.1, 0.15) is 41.3 Å². The number of carbonyl (C=O) groups is 2. The van der Waals surface area contributed by atoms with Crippen LogP contribution in [0.2, 0.25) is 5.02 Å². The molecular weight excluding hydrogens is 440 g/mol. The number of hydrogen-bond donors (Lipinski definition) is 1. The number of halogens is 1. The van der Waals surface area contributed by atoms with Gasteiger partial charge < -0.3 is 10.1 Å². The van der Waals surface area contributed by atoms with Crippen molar-refractivity contribution >= 4 is 44.9 Å². The van der Waals surface area contributed by atoms with Crippen LogP contribution < -0.4 is 9.62 Å². The maximum atomic E-state index is 12.3. The molecule has 0 saturated carbocycles. The van der Waals surface area contributed by atoms with Crippen LogP contribution in [0, 0.1) is 13.8 Å². The lowest BCUT2D eigenvalue weighted by molar-refractivity contribution is -0.116. The average Bonchev–Trinajstić information content (AvgIpc) is 2.63. The van der Waals surface area contributed by atoms with Gasteiger partial charge in [0.15, 0.2) is 0 Å². The third-order valence-electron chi connectivity index (χ3n) is 4.41. The Kier molecular flexibility index (Phi) is 8.47. The van der Waals surface area contributed by atoms with Crippen molar-refractivity contribution in [1.82, 2.24) is 0 Å². The van der Waals surface area contributed by atoms with Gasteiger partial charge in [-0.25, -0.2) is 13.2 Å². The highest BCUT2D eigenvalue weighted by molar-refractivity contribution is 7.92. The molecule has 7 nitrogen and oxygen atoms in total. The zero-order valence-electron chi connectivity index (χ0n) is 18.1. The predicted molar refractivity (Wildman–Crippen MR) is 123 cm³/mol. The van der Waals surface area contributed by atoms with E-state index in [1.807, 2.05) is 19.9 Å². The van der Waals surface area contributed by atoms with E-state index in [-0.39, 0.29) is 36.1 Å². The summed E-state index contributed by atoms with van der Waals surface area (Å²) in [7, 11) is -3.49. The summed E-state index contributed by atoms with van der Waals surface area (Å²) in [6.45, 7) is 5.93. The van der Waals surface area contributed by atoms with E-state index in [9.17, 15) is 18.0 Å². The summed E-state index contributed by atoms with van der Waals surface area (Å²) < 4.78 is 30.8. The molecule has 0 fully saturated rings. The lowest BCUT2D eigenvalue weighted by Crippen LogP contribution is -2.31. The van der Waals surface area contributed by atoms with Crippen LogP contribution in [-0.4, -0.2) is 39.7 Å². The molecule has 2 rings (SSSR count). The number of hydrogen-bond acceptors (Lipinski definition) is 5. The molecule has 0 unspecified atom stereocenters. The molecule has 0 saturated heterocycles. The van der Waals surface area contributed by atoms with E-state index in [0.29, 0.717) is 17.8 Å². The van der Waals surface area contributed by atoms with Crippen molar-refractivity contribution < 1.29 is 22.7 Å². The highest BCUT2D eigenvalue weighted by Crippen LogP contribution is 2.23. The highest BCUT2D eigenvalue weighted by atomic mass is 35.5. The standard InChI is InChI=1S/C22H27ClN2O5S/c1-5-30-22(27)19-9-8-17(14-20(19)23)24-21(26)7-6-10-25(31(4,28)29)18-12-15(2)11-16(3)13-18/h8-9,11-14H,5-7,10H2,1-4H3,(H,24,26). The Bertz CT molecular complexity index is 1050. The second-order valence-corrected chi connectivity index (χ2v) is 9.56. The van der Waals surface area contributed by atoms with Crippen molar-refractivity contribution in [3.8, 4) is 0 Å². The number of nitrogens with zero attached hydrogens (tertiary/aromatic N) is 1. The molecule has 0 heterocycles. The van der Waals surface area contributed by atoms with Crippen molar-refractivity contribution in [2.75, 3.05) is 29.0 Å². The first-order valence-corrected chi connectivity index (χ1v) is 12.1. The Morgan fingerprint density at radius 2 is 1.74 bits per heavy atom. The first kappa shape index (κ1) is 24.7. The van der Waals surface area contributed by atoms with E-state index in [0.717, 1.165) is 17.4 Å². The number of benzene rings is 2. The Balaban J connectivity index is 2.00. The van der Waals surface area contributed by atoms with E-state index in [2.05, 4.69) is 5.32 Å². The SMILES string of the molecule is CCOC(=O)c1ccc(NC(=O)CCCN(c2cc(C)cc(C)c2)S(C)(=O)=O)cc1Cl. The van der Waals surface area contributed by atoms with Gasteiger partial charge in [0.05, 0.1) is 29.1 Å². The third kappa shape index (κ3) is 7.25. The van der Waals surface area contributed by atoms with Gasteiger partial charge in [0.1, 0.15) is 0 Å². The fourth-order valence-electron chi connectivity index (χ4n) is 3.15. The third-order valence-corrected chi connectivity index (χ3v) is 5.91. The number of anilines is 2. The lowest BCUT2D eigenvalue weighted by atomic mass is 10.1. The summed E-state index contributed by atoms with van der Waals surface area (Å²) in [5.74, 6) is -0.813. The molecule has 0 aromatic heterocycles. The van der Waals surface area contributed by atoms with E-state index >= 15 is 0 Å². The summed E-state index contributed by atoms with van der Waals surface area (Å²) >= 11 is 6.11. The summed E-state index contributed by atoms with van der Waals surface area (Å²) in [4.78, 5) is 24.1. The number of esters is 1. The van der Waals surface area contributed by atoms with Gasteiger partial charge >= 0.3 is 5.97 Å². The molecule has 9 heteroatoms. The first-order chi connectivity index (χ1) is 14.5. The summed E-state index contributed by atoms with van der Waals surface area (Å²) in [5, 5.41) is 2.88. The molecule has 1 amide bonds. The molecule has 1 N–H and O–H groups in total. The van der Waals surface area contributed by atoms with Gasteiger partial charge in [-0.1, -0.05) is 17.7 Å². The summed E-state index contributed by atoms with van der Waals surface area (Å²) in [6.07, 6.45) is 1.60. The molecule has 0 atom stereocenters. The summed E-state index contributed by atoms with van der Waals surface area (Å²) in [5.41, 5.74) is 3.17. The molecule has 0 aliphatic rings. The Morgan fingerprint density at radius 1 is 1.10 bits per heavy atom. The van der Waals surface area contributed by atoms with Crippen LogP contribution in [0.5, 0.6) is 0 Å². The van der Waals surface area contributed by atoms with Crippen molar-refractivity contribution in [1.29, 1.82) is 0 Å². The molecule has 31 heavy (non-hydrogen) atoms.